The highest BCUT2D eigenvalue weighted by Crippen LogP contribution is 2.03. The zero-order chi connectivity index (χ0) is 17.1. The van der Waals surface area contributed by atoms with Gasteiger partial charge in [-0.3, -0.25) is 4.79 Å². The summed E-state index contributed by atoms with van der Waals surface area (Å²) in [6.07, 6.45) is 0.964. The Morgan fingerprint density at radius 2 is 1.57 bits per heavy atom. The third-order valence-corrected chi connectivity index (χ3v) is 3.41. The maximum absolute atomic E-state index is 11.8. The van der Waals surface area contributed by atoms with Crippen LogP contribution in [0, 0.1) is 0 Å². The molecule has 0 heterocycles. The van der Waals surface area contributed by atoms with Crippen molar-refractivity contribution >= 4 is 17.5 Å². The van der Waals surface area contributed by atoms with Crippen molar-refractivity contribution in [2.45, 2.75) is 19.4 Å². The molecule has 1 amide bonds. The van der Waals surface area contributed by atoms with E-state index in [-0.39, 0.29) is 11.9 Å². The zero-order valence-corrected chi connectivity index (χ0v) is 14.8. The molecule has 1 N–H and O–H groups in total. The Hall–Kier alpha value is -1.84. The molecule has 23 heavy (non-hydrogen) atoms. The van der Waals surface area contributed by atoms with Gasteiger partial charge in [-0.25, -0.2) is 0 Å². The average Bonchev–Trinajstić information content (AvgIpc) is 2.55. The van der Waals surface area contributed by atoms with Crippen LogP contribution in [0.2, 0.25) is 5.02 Å². The lowest BCUT2D eigenvalue weighted by Crippen LogP contribution is -2.34. The molecular formula is C19H25ClN2O. The van der Waals surface area contributed by atoms with Gasteiger partial charge in [-0.15, -0.1) is 0 Å². The lowest BCUT2D eigenvalue weighted by Gasteiger charge is -2.16. The molecule has 3 nitrogen and oxygen atoms in total. The summed E-state index contributed by atoms with van der Waals surface area (Å²) in [5.41, 5.74) is 0.721. The maximum Gasteiger partial charge on any atom is 0.251 e. The van der Waals surface area contributed by atoms with Crippen molar-refractivity contribution in [1.29, 1.82) is 0 Å². The number of amides is 1. The molecule has 2 aromatic carbocycles. The highest BCUT2D eigenvalue weighted by molar-refractivity contribution is 6.30. The van der Waals surface area contributed by atoms with Crippen LogP contribution in [0.25, 0.3) is 0 Å². The van der Waals surface area contributed by atoms with E-state index in [0.717, 1.165) is 23.6 Å². The average molecular weight is 333 g/mol. The quantitative estimate of drug-likeness (QED) is 0.894. The van der Waals surface area contributed by atoms with E-state index in [9.17, 15) is 4.79 Å². The van der Waals surface area contributed by atoms with Crippen LogP contribution in [0.3, 0.4) is 0 Å². The molecule has 124 valence electrons. The molecule has 0 aliphatic heterocycles. The summed E-state index contributed by atoms with van der Waals surface area (Å²) in [5, 5.41) is 3.78. The molecule has 0 fully saturated rings. The summed E-state index contributed by atoms with van der Waals surface area (Å²) >= 11 is 5.54. The van der Waals surface area contributed by atoms with E-state index in [0.29, 0.717) is 0 Å². The SMILES string of the molecule is CC(CCN(C)C)NC(=O)c1ccccc1.Clc1ccccc1. The number of carbonyl (C=O) groups is 1. The Balaban J connectivity index is 0.000000313. The minimum Gasteiger partial charge on any atom is -0.350 e. The second-order valence-electron chi connectivity index (χ2n) is 5.63. The first-order valence-electron chi connectivity index (χ1n) is 7.70. The van der Waals surface area contributed by atoms with Crippen LogP contribution in [0.1, 0.15) is 23.7 Å². The molecule has 0 aliphatic carbocycles. The van der Waals surface area contributed by atoms with Gasteiger partial charge in [-0.2, -0.15) is 0 Å². The van der Waals surface area contributed by atoms with E-state index in [4.69, 9.17) is 11.6 Å². The highest BCUT2D eigenvalue weighted by Gasteiger charge is 2.08. The number of hydrogen-bond acceptors (Lipinski definition) is 2. The van der Waals surface area contributed by atoms with Crippen molar-refractivity contribution in [1.82, 2.24) is 10.2 Å². The standard InChI is InChI=1S/C13H20N2O.C6H5Cl/c1-11(9-10-15(2)3)14-13(16)12-7-5-4-6-8-12;7-6-4-2-1-3-5-6/h4-8,11H,9-10H2,1-3H3,(H,14,16);1-5H. The number of rotatable bonds is 5. The molecule has 0 aliphatic rings. The number of halogens is 1. The molecule has 1 atom stereocenters. The van der Waals surface area contributed by atoms with Gasteiger partial charge in [0.25, 0.3) is 5.91 Å². The monoisotopic (exact) mass is 332 g/mol. The normalized spacial score (nSPS) is 11.3. The molecular weight excluding hydrogens is 308 g/mol. The Kier molecular flexibility index (Phi) is 9.03. The van der Waals surface area contributed by atoms with Crippen LogP contribution < -0.4 is 5.32 Å². The van der Waals surface area contributed by atoms with Gasteiger partial charge in [-0.05, 0) is 58.3 Å². The molecule has 0 bridgehead atoms. The number of nitrogens with one attached hydrogen (secondary N) is 1. The van der Waals surface area contributed by atoms with Crippen LogP contribution in [0.5, 0.6) is 0 Å². The number of benzene rings is 2. The topological polar surface area (TPSA) is 32.3 Å². The molecule has 4 heteroatoms. The lowest BCUT2D eigenvalue weighted by molar-refractivity contribution is 0.0937. The van der Waals surface area contributed by atoms with E-state index in [1.54, 1.807) is 0 Å². The van der Waals surface area contributed by atoms with Gasteiger partial charge in [0.05, 0.1) is 0 Å². The van der Waals surface area contributed by atoms with Gasteiger partial charge in [0, 0.05) is 16.6 Å². The van der Waals surface area contributed by atoms with Crippen LogP contribution in [-0.2, 0) is 0 Å². The minimum atomic E-state index is 0.00635. The van der Waals surface area contributed by atoms with Crippen LogP contribution in [0.15, 0.2) is 60.7 Å². The first kappa shape index (κ1) is 19.2. The lowest BCUT2D eigenvalue weighted by atomic mass is 10.2. The Labute approximate surface area is 144 Å². The summed E-state index contributed by atoms with van der Waals surface area (Å²) in [6, 6.07) is 19.0. The smallest absolute Gasteiger partial charge is 0.251 e. The summed E-state index contributed by atoms with van der Waals surface area (Å²) in [6.45, 7) is 3.01. The fraction of sp³-hybridized carbons (Fsp3) is 0.316. The summed E-state index contributed by atoms with van der Waals surface area (Å²) in [7, 11) is 4.07. The van der Waals surface area contributed by atoms with Gasteiger partial charge in [0.15, 0.2) is 0 Å². The van der Waals surface area contributed by atoms with E-state index in [1.165, 1.54) is 0 Å². The summed E-state index contributed by atoms with van der Waals surface area (Å²) in [4.78, 5) is 13.9. The van der Waals surface area contributed by atoms with E-state index >= 15 is 0 Å². The van der Waals surface area contributed by atoms with Crippen molar-refractivity contribution in [3.63, 3.8) is 0 Å². The Bertz CT molecular complexity index is 558. The first-order valence-corrected chi connectivity index (χ1v) is 8.08. The second-order valence-corrected chi connectivity index (χ2v) is 6.06. The Morgan fingerprint density at radius 1 is 1.04 bits per heavy atom. The molecule has 1 unspecified atom stereocenters. The van der Waals surface area contributed by atoms with Gasteiger partial charge >= 0.3 is 0 Å². The van der Waals surface area contributed by atoms with Crippen molar-refractivity contribution < 1.29 is 4.79 Å². The molecule has 0 saturated carbocycles. The van der Waals surface area contributed by atoms with Gasteiger partial charge in [0.2, 0.25) is 0 Å². The molecule has 0 aromatic heterocycles. The number of nitrogens with zero attached hydrogens (tertiary/aromatic N) is 1. The maximum atomic E-state index is 11.8. The Morgan fingerprint density at radius 3 is 2.00 bits per heavy atom. The first-order chi connectivity index (χ1) is 11.0. The minimum absolute atomic E-state index is 0.00635. The molecule has 0 radical (unpaired) electrons. The summed E-state index contributed by atoms with van der Waals surface area (Å²) in [5.74, 6) is 0.00635. The van der Waals surface area contributed by atoms with Crippen molar-refractivity contribution in [2.75, 3.05) is 20.6 Å². The van der Waals surface area contributed by atoms with Gasteiger partial charge in [-0.1, -0.05) is 48.0 Å². The fourth-order valence-electron chi connectivity index (χ4n) is 1.84. The summed E-state index contributed by atoms with van der Waals surface area (Å²) < 4.78 is 0. The third kappa shape index (κ3) is 9.01. The number of carbonyl (C=O) groups excluding carboxylic acids is 1. The van der Waals surface area contributed by atoms with Crippen LogP contribution in [-0.4, -0.2) is 37.5 Å². The van der Waals surface area contributed by atoms with E-state index < -0.39 is 0 Å². The zero-order valence-electron chi connectivity index (χ0n) is 14.0. The predicted octanol–water partition coefficient (Wildman–Crippen LogP) is 4.10. The van der Waals surface area contributed by atoms with Gasteiger partial charge < -0.3 is 10.2 Å². The van der Waals surface area contributed by atoms with Crippen LogP contribution >= 0.6 is 11.6 Å². The largest absolute Gasteiger partial charge is 0.350 e. The van der Waals surface area contributed by atoms with Crippen molar-refractivity contribution in [2.24, 2.45) is 0 Å². The molecule has 0 saturated heterocycles. The second kappa shape index (κ2) is 10.8. The van der Waals surface area contributed by atoms with E-state index in [2.05, 4.69) is 10.2 Å². The van der Waals surface area contributed by atoms with Gasteiger partial charge in [0.1, 0.15) is 0 Å². The molecule has 2 aromatic rings. The third-order valence-electron chi connectivity index (χ3n) is 3.16. The van der Waals surface area contributed by atoms with Crippen molar-refractivity contribution in [3.05, 3.63) is 71.2 Å². The van der Waals surface area contributed by atoms with Crippen molar-refractivity contribution in [3.8, 4) is 0 Å². The van der Waals surface area contributed by atoms with E-state index in [1.807, 2.05) is 81.7 Å². The molecule has 2 rings (SSSR count). The van der Waals surface area contributed by atoms with Crippen LogP contribution in [0.4, 0.5) is 0 Å². The highest BCUT2D eigenvalue weighted by atomic mass is 35.5. The number of hydrogen-bond donors (Lipinski definition) is 1. The predicted molar refractivity (Wildman–Crippen MR) is 98.0 cm³/mol. The fourth-order valence-corrected chi connectivity index (χ4v) is 1.98. The molecule has 0 spiro atoms.